The summed E-state index contributed by atoms with van der Waals surface area (Å²) in [7, 11) is 0. The highest BCUT2D eigenvalue weighted by molar-refractivity contribution is 5.71. The lowest BCUT2D eigenvalue weighted by Crippen LogP contribution is -2.55. The van der Waals surface area contributed by atoms with Gasteiger partial charge in [0.05, 0.1) is 24.5 Å². The van der Waals surface area contributed by atoms with E-state index < -0.39 is 5.92 Å². The lowest BCUT2D eigenvalue weighted by atomic mass is 10.1. The molecule has 3 aromatic heterocycles. The Morgan fingerprint density at radius 2 is 1.76 bits per heavy atom. The van der Waals surface area contributed by atoms with Crippen LogP contribution >= 0.6 is 0 Å². The molecule has 0 spiro atoms. The number of rotatable bonds is 8. The van der Waals surface area contributed by atoms with E-state index in [4.69, 9.17) is 5.10 Å². The Kier molecular flexibility index (Phi) is 5.97. The molecule has 4 aromatic rings. The molecule has 198 valence electrons. The number of aromatic nitrogens is 6. The Morgan fingerprint density at radius 1 is 1.03 bits per heavy atom. The highest BCUT2D eigenvalue weighted by Crippen LogP contribution is 2.36. The van der Waals surface area contributed by atoms with Crippen molar-refractivity contribution in [3.63, 3.8) is 0 Å². The first-order chi connectivity index (χ1) is 18.2. The van der Waals surface area contributed by atoms with E-state index in [2.05, 4.69) is 20.4 Å². The Labute approximate surface area is 218 Å². The van der Waals surface area contributed by atoms with Crippen molar-refractivity contribution in [3.8, 4) is 17.1 Å². The maximum Gasteiger partial charge on any atom is 0.272 e. The third-order valence-electron chi connectivity index (χ3n) is 7.28. The highest BCUT2D eigenvalue weighted by Gasteiger charge is 2.44. The summed E-state index contributed by atoms with van der Waals surface area (Å²) in [5, 5.41) is 12.9. The van der Waals surface area contributed by atoms with Crippen LogP contribution in [-0.2, 0) is 13.1 Å². The molecule has 0 atom stereocenters. The van der Waals surface area contributed by atoms with E-state index in [0.29, 0.717) is 24.1 Å². The largest absolute Gasteiger partial charge is 0.325 e. The molecule has 2 aliphatic rings. The minimum atomic E-state index is -2.61. The van der Waals surface area contributed by atoms with E-state index in [1.54, 1.807) is 21.7 Å². The zero-order valence-corrected chi connectivity index (χ0v) is 21.5. The normalized spacial score (nSPS) is 17.0. The zero-order valence-electron chi connectivity index (χ0n) is 21.5. The maximum absolute atomic E-state index is 13.5. The van der Waals surface area contributed by atoms with Crippen molar-refractivity contribution >= 4 is 11.6 Å². The molecule has 4 heterocycles. The van der Waals surface area contributed by atoms with Gasteiger partial charge in [-0.1, -0.05) is 0 Å². The molecule has 1 saturated carbocycles. The van der Waals surface area contributed by atoms with Gasteiger partial charge >= 0.3 is 0 Å². The minimum absolute atomic E-state index is 0.230. The Morgan fingerprint density at radius 3 is 2.45 bits per heavy atom. The number of hydrogen-bond donors (Lipinski definition) is 1. The van der Waals surface area contributed by atoms with Gasteiger partial charge in [0.25, 0.3) is 5.92 Å². The second kappa shape index (κ2) is 9.23. The van der Waals surface area contributed by atoms with Crippen molar-refractivity contribution in [2.45, 2.75) is 52.6 Å². The second-order valence-electron chi connectivity index (χ2n) is 10.4. The van der Waals surface area contributed by atoms with Crippen molar-refractivity contribution < 1.29 is 13.2 Å². The Bertz CT molecular complexity index is 1480. The predicted octanol–water partition coefficient (Wildman–Crippen LogP) is 5.19. The Hall–Kier alpha value is -3.73. The highest BCUT2D eigenvalue weighted by atomic mass is 19.3. The van der Waals surface area contributed by atoms with Gasteiger partial charge in [-0.05, 0) is 63.8 Å². The molecule has 38 heavy (non-hydrogen) atoms. The van der Waals surface area contributed by atoms with Crippen LogP contribution in [0, 0.1) is 32.5 Å². The van der Waals surface area contributed by atoms with Crippen LogP contribution in [0.15, 0.2) is 36.7 Å². The number of nitrogens with one attached hydrogen (secondary N) is 1. The summed E-state index contributed by atoms with van der Waals surface area (Å²) in [4.78, 5) is 10.6. The van der Waals surface area contributed by atoms with Gasteiger partial charge in [0, 0.05) is 41.5 Å². The molecular weight excluding hydrogens is 493 g/mol. The molecule has 11 heteroatoms. The van der Waals surface area contributed by atoms with Gasteiger partial charge in [-0.3, -0.25) is 4.90 Å². The smallest absolute Gasteiger partial charge is 0.272 e. The van der Waals surface area contributed by atoms with Crippen LogP contribution in [0.4, 0.5) is 24.8 Å². The number of likely N-dealkylation sites (tertiary alicyclic amines) is 1. The van der Waals surface area contributed by atoms with E-state index in [1.807, 2.05) is 31.5 Å². The van der Waals surface area contributed by atoms with Crippen molar-refractivity contribution in [3.05, 3.63) is 65.0 Å². The number of benzene rings is 1. The molecule has 1 aliphatic heterocycles. The molecule has 0 amide bonds. The van der Waals surface area contributed by atoms with Crippen molar-refractivity contribution in [1.29, 1.82) is 0 Å². The van der Waals surface area contributed by atoms with Gasteiger partial charge in [-0.2, -0.15) is 10.2 Å². The third kappa shape index (κ3) is 4.78. The molecule has 1 N–H and O–H groups in total. The number of halogens is 3. The average molecular weight is 523 g/mol. The van der Waals surface area contributed by atoms with Crippen LogP contribution in [-0.4, -0.2) is 53.4 Å². The maximum atomic E-state index is 13.5. The SMILES string of the molecule is Cc1nn(-c2cc(Nc3c(C)c(-c4ccc(F)cc4)nn3CC3CC3)ncn2)c(C)c1CN1CC(F)(F)C1. The first-order valence-corrected chi connectivity index (χ1v) is 12.7. The summed E-state index contributed by atoms with van der Waals surface area (Å²) in [5.74, 6) is -0.313. The molecule has 6 rings (SSSR count). The lowest BCUT2D eigenvalue weighted by Gasteiger charge is -2.38. The number of aryl methyl sites for hydroxylation is 1. The quantitative estimate of drug-likeness (QED) is 0.343. The van der Waals surface area contributed by atoms with Crippen LogP contribution in [0.2, 0.25) is 0 Å². The summed E-state index contributed by atoms with van der Waals surface area (Å²) in [5.41, 5.74) is 5.15. The average Bonchev–Trinajstić information content (AvgIpc) is 3.58. The van der Waals surface area contributed by atoms with Gasteiger partial charge < -0.3 is 5.32 Å². The molecule has 8 nitrogen and oxygen atoms in total. The molecular formula is C27H29F3N8. The van der Waals surface area contributed by atoms with Crippen LogP contribution in [0.5, 0.6) is 0 Å². The predicted molar refractivity (Wildman–Crippen MR) is 137 cm³/mol. The zero-order chi connectivity index (χ0) is 26.6. The fourth-order valence-corrected chi connectivity index (χ4v) is 4.99. The molecule has 1 aromatic carbocycles. The molecule has 0 radical (unpaired) electrons. The van der Waals surface area contributed by atoms with Crippen molar-refractivity contribution in [1.82, 2.24) is 34.4 Å². The number of anilines is 2. The van der Waals surface area contributed by atoms with E-state index >= 15 is 0 Å². The fraction of sp³-hybridized carbons (Fsp3) is 0.407. The molecule has 1 aliphatic carbocycles. The fourth-order valence-electron chi connectivity index (χ4n) is 4.99. The van der Waals surface area contributed by atoms with Crippen LogP contribution < -0.4 is 5.32 Å². The van der Waals surface area contributed by atoms with E-state index in [9.17, 15) is 13.2 Å². The standard InChI is InChI=1S/C27H29F3N8/c1-16-25(20-6-8-21(28)9-7-20)35-37(11-19-4-5-19)26(16)33-23-10-24(32-15-31-23)38-18(3)22(17(2)34-38)12-36-13-27(29,30)14-36/h6-10,15,19H,4-5,11-14H2,1-3H3,(H,31,32,33). The minimum Gasteiger partial charge on any atom is -0.325 e. The van der Waals surface area contributed by atoms with Crippen LogP contribution in [0.3, 0.4) is 0 Å². The monoisotopic (exact) mass is 522 g/mol. The second-order valence-corrected chi connectivity index (χ2v) is 10.4. The summed E-state index contributed by atoms with van der Waals surface area (Å²) >= 11 is 0. The molecule has 1 saturated heterocycles. The Balaban J connectivity index is 1.29. The van der Waals surface area contributed by atoms with Gasteiger partial charge in [-0.25, -0.2) is 32.5 Å². The molecule has 0 bridgehead atoms. The van der Waals surface area contributed by atoms with Crippen LogP contribution in [0.1, 0.15) is 35.4 Å². The first kappa shape index (κ1) is 24.6. The van der Waals surface area contributed by atoms with E-state index in [1.165, 1.54) is 31.3 Å². The summed E-state index contributed by atoms with van der Waals surface area (Å²) in [6.45, 7) is 6.55. The summed E-state index contributed by atoms with van der Waals surface area (Å²) in [6, 6.07) is 8.16. The summed E-state index contributed by atoms with van der Waals surface area (Å²) in [6.07, 6.45) is 3.83. The third-order valence-corrected chi connectivity index (χ3v) is 7.28. The lowest BCUT2D eigenvalue weighted by molar-refractivity contribution is -0.134. The van der Waals surface area contributed by atoms with Gasteiger partial charge in [-0.15, -0.1) is 0 Å². The molecule has 0 unspecified atom stereocenters. The van der Waals surface area contributed by atoms with Crippen molar-refractivity contribution in [2.24, 2.45) is 5.92 Å². The van der Waals surface area contributed by atoms with E-state index in [0.717, 1.165) is 46.1 Å². The van der Waals surface area contributed by atoms with Gasteiger partial charge in [0.2, 0.25) is 0 Å². The number of alkyl halides is 2. The number of nitrogens with zero attached hydrogens (tertiary/aromatic N) is 7. The van der Waals surface area contributed by atoms with Gasteiger partial charge in [0.15, 0.2) is 5.82 Å². The number of hydrogen-bond acceptors (Lipinski definition) is 6. The topological polar surface area (TPSA) is 76.7 Å². The van der Waals surface area contributed by atoms with Crippen molar-refractivity contribution in [2.75, 3.05) is 18.4 Å². The van der Waals surface area contributed by atoms with Crippen LogP contribution in [0.25, 0.3) is 17.1 Å². The molecule has 2 fully saturated rings. The first-order valence-electron chi connectivity index (χ1n) is 12.7. The summed E-state index contributed by atoms with van der Waals surface area (Å²) < 4.78 is 43.9. The van der Waals surface area contributed by atoms with Gasteiger partial charge in [0.1, 0.15) is 23.8 Å². The van der Waals surface area contributed by atoms with E-state index in [-0.39, 0.29) is 18.9 Å².